The van der Waals surface area contributed by atoms with Crippen LogP contribution in [0, 0.1) is 0 Å². The van der Waals surface area contributed by atoms with Crippen LogP contribution in [-0.4, -0.2) is 14.5 Å². The molecule has 5 nitrogen and oxygen atoms in total. The number of para-hydroxylation sites is 4. The highest BCUT2D eigenvalue weighted by Gasteiger charge is 2.50. The van der Waals surface area contributed by atoms with Crippen LogP contribution in [0.15, 0.2) is 176 Å². The molecule has 0 saturated heterocycles. The molecule has 2 aliphatic rings. The molecule has 9 aromatic rings. The Morgan fingerprint density at radius 1 is 0.442 bits per heavy atom. The topological polar surface area (TPSA) is 49.2 Å². The maximum Gasteiger partial charge on any atom is 0.145 e. The van der Waals surface area contributed by atoms with Crippen LogP contribution in [0.3, 0.4) is 0 Å². The number of rotatable bonds is 3. The Balaban J connectivity index is 1.18. The fourth-order valence-electron chi connectivity index (χ4n) is 8.49. The highest BCUT2D eigenvalue weighted by Crippen LogP contribution is 2.62. The van der Waals surface area contributed by atoms with E-state index in [4.69, 9.17) is 14.5 Å². The lowest BCUT2D eigenvalue weighted by Crippen LogP contribution is -2.36. The van der Waals surface area contributed by atoms with Gasteiger partial charge in [0.25, 0.3) is 0 Å². The van der Waals surface area contributed by atoms with E-state index in [1.165, 1.54) is 0 Å². The van der Waals surface area contributed by atoms with Crippen LogP contribution in [-0.2, 0) is 5.41 Å². The first-order chi connectivity index (χ1) is 25.8. The second kappa shape index (κ2) is 11.0. The number of fused-ring (bicyclic) bond motifs is 11. The average Bonchev–Trinajstić information content (AvgIpc) is 3.56. The standard InChI is InChI=1S/C47H29N3O2/c1-2-12-32(13-3-1)50-45-33(14-10-15-34(45)35-16-11-27-49-46(35)50)30-22-24-38-43(28-30)51-41-20-6-4-17-36(41)47(38)37-18-5-7-21-42(37)52-44-29-31(23-25-39(44)47)40-19-8-9-26-48-40/h1-29H. The van der Waals surface area contributed by atoms with Gasteiger partial charge in [0.05, 0.1) is 16.6 Å². The molecule has 0 radical (unpaired) electrons. The lowest BCUT2D eigenvalue weighted by molar-refractivity contribution is 0.399. The highest BCUT2D eigenvalue weighted by molar-refractivity contribution is 6.12. The SMILES string of the molecule is c1ccc(-n2c3ncccc3c3cccc(-c4ccc5c(c4)Oc4ccccc4C54c5ccccc5Oc5cc(-c6ccccn6)ccc54)c32)cc1. The van der Waals surface area contributed by atoms with Crippen LogP contribution in [0.1, 0.15) is 22.3 Å². The van der Waals surface area contributed by atoms with Gasteiger partial charge in [-0.1, -0.05) is 103 Å². The van der Waals surface area contributed by atoms with Crippen LogP contribution < -0.4 is 9.47 Å². The Bertz CT molecular complexity index is 2850. The predicted molar refractivity (Wildman–Crippen MR) is 206 cm³/mol. The van der Waals surface area contributed by atoms with Gasteiger partial charge >= 0.3 is 0 Å². The first-order valence-corrected chi connectivity index (χ1v) is 17.5. The van der Waals surface area contributed by atoms with Gasteiger partial charge in [0.2, 0.25) is 0 Å². The molecule has 6 aromatic carbocycles. The Morgan fingerprint density at radius 3 is 1.79 bits per heavy atom. The molecule has 2 aliphatic heterocycles. The molecule has 244 valence electrons. The Morgan fingerprint density at radius 2 is 1.06 bits per heavy atom. The number of aromatic nitrogens is 3. The molecule has 0 aliphatic carbocycles. The molecule has 0 bridgehead atoms. The minimum Gasteiger partial charge on any atom is -0.457 e. The van der Waals surface area contributed by atoms with Crippen molar-refractivity contribution in [2.45, 2.75) is 5.41 Å². The Labute approximate surface area is 300 Å². The fraction of sp³-hybridized carbons (Fsp3) is 0.0213. The smallest absolute Gasteiger partial charge is 0.145 e. The minimum atomic E-state index is -0.690. The molecule has 5 heterocycles. The lowest BCUT2D eigenvalue weighted by Gasteiger charge is -2.45. The third-order valence-corrected chi connectivity index (χ3v) is 10.6. The molecule has 0 saturated carbocycles. The monoisotopic (exact) mass is 667 g/mol. The summed E-state index contributed by atoms with van der Waals surface area (Å²) in [4.78, 5) is 9.51. The van der Waals surface area contributed by atoms with Gasteiger partial charge < -0.3 is 9.47 Å². The summed E-state index contributed by atoms with van der Waals surface area (Å²) >= 11 is 0. The molecule has 5 heteroatoms. The van der Waals surface area contributed by atoms with Crippen LogP contribution in [0.25, 0.3) is 50.0 Å². The zero-order chi connectivity index (χ0) is 34.2. The molecule has 0 amide bonds. The van der Waals surface area contributed by atoms with Crippen molar-refractivity contribution in [3.63, 3.8) is 0 Å². The van der Waals surface area contributed by atoms with Crippen molar-refractivity contribution >= 4 is 21.9 Å². The largest absolute Gasteiger partial charge is 0.457 e. The summed E-state index contributed by atoms with van der Waals surface area (Å²) in [5.41, 5.74) is 10.8. The first kappa shape index (κ1) is 28.8. The van der Waals surface area contributed by atoms with Crippen molar-refractivity contribution in [3.8, 4) is 51.1 Å². The second-order valence-corrected chi connectivity index (χ2v) is 13.3. The number of hydrogen-bond donors (Lipinski definition) is 0. The summed E-state index contributed by atoms with van der Waals surface area (Å²) < 4.78 is 15.9. The Hall–Kier alpha value is -6.98. The number of ether oxygens (including phenoxy) is 2. The van der Waals surface area contributed by atoms with Gasteiger partial charge in [-0.2, -0.15) is 0 Å². The van der Waals surface area contributed by atoms with Crippen molar-refractivity contribution in [3.05, 3.63) is 198 Å². The minimum absolute atomic E-state index is 0.690. The van der Waals surface area contributed by atoms with Crippen LogP contribution in [0.5, 0.6) is 23.0 Å². The van der Waals surface area contributed by atoms with Gasteiger partial charge in [-0.05, 0) is 66.2 Å². The maximum absolute atomic E-state index is 6.91. The van der Waals surface area contributed by atoms with E-state index in [-0.39, 0.29) is 0 Å². The van der Waals surface area contributed by atoms with E-state index >= 15 is 0 Å². The number of pyridine rings is 2. The summed E-state index contributed by atoms with van der Waals surface area (Å²) in [5.74, 6) is 3.26. The molecule has 1 spiro atoms. The van der Waals surface area contributed by atoms with Crippen molar-refractivity contribution in [1.82, 2.24) is 14.5 Å². The maximum atomic E-state index is 6.91. The van der Waals surface area contributed by atoms with E-state index in [1.54, 1.807) is 0 Å². The zero-order valence-electron chi connectivity index (χ0n) is 27.9. The van der Waals surface area contributed by atoms with Crippen molar-refractivity contribution in [2.75, 3.05) is 0 Å². The number of nitrogens with zero attached hydrogens (tertiary/aromatic N) is 3. The predicted octanol–water partition coefficient (Wildman–Crippen LogP) is 11.5. The molecule has 1 unspecified atom stereocenters. The van der Waals surface area contributed by atoms with Gasteiger partial charge in [0.1, 0.15) is 28.6 Å². The number of benzene rings is 6. The summed E-state index contributed by atoms with van der Waals surface area (Å²) in [7, 11) is 0. The quantitative estimate of drug-likeness (QED) is 0.188. The van der Waals surface area contributed by atoms with Crippen LogP contribution in [0.2, 0.25) is 0 Å². The van der Waals surface area contributed by atoms with Crippen molar-refractivity contribution < 1.29 is 9.47 Å². The van der Waals surface area contributed by atoms with Crippen molar-refractivity contribution in [1.29, 1.82) is 0 Å². The molecular formula is C47H29N3O2. The van der Waals surface area contributed by atoms with Gasteiger partial charge in [0, 0.05) is 62.2 Å². The highest BCUT2D eigenvalue weighted by atomic mass is 16.5. The molecule has 1 atom stereocenters. The van der Waals surface area contributed by atoms with Crippen LogP contribution >= 0.6 is 0 Å². The second-order valence-electron chi connectivity index (χ2n) is 13.3. The number of hydrogen-bond acceptors (Lipinski definition) is 4. The van der Waals surface area contributed by atoms with E-state index in [0.29, 0.717) is 0 Å². The molecule has 0 N–H and O–H groups in total. The lowest BCUT2D eigenvalue weighted by atomic mass is 9.62. The summed E-state index contributed by atoms with van der Waals surface area (Å²) in [6, 6.07) is 57.2. The van der Waals surface area contributed by atoms with Gasteiger partial charge in [-0.15, -0.1) is 0 Å². The fourth-order valence-corrected chi connectivity index (χ4v) is 8.49. The van der Waals surface area contributed by atoms with E-state index in [0.717, 1.165) is 95.3 Å². The third kappa shape index (κ3) is 3.99. The van der Waals surface area contributed by atoms with E-state index in [1.807, 2.05) is 54.9 Å². The van der Waals surface area contributed by atoms with E-state index in [2.05, 4.69) is 131 Å². The molecule has 52 heavy (non-hydrogen) atoms. The third-order valence-electron chi connectivity index (χ3n) is 10.6. The normalized spacial score (nSPS) is 15.3. The zero-order valence-corrected chi connectivity index (χ0v) is 27.9. The van der Waals surface area contributed by atoms with E-state index < -0.39 is 5.41 Å². The summed E-state index contributed by atoms with van der Waals surface area (Å²) in [6.45, 7) is 0. The van der Waals surface area contributed by atoms with Gasteiger partial charge in [-0.25, -0.2) is 4.98 Å². The molecule has 0 fully saturated rings. The van der Waals surface area contributed by atoms with Crippen LogP contribution in [0.4, 0.5) is 0 Å². The van der Waals surface area contributed by atoms with Crippen molar-refractivity contribution in [2.24, 2.45) is 0 Å². The van der Waals surface area contributed by atoms with E-state index in [9.17, 15) is 0 Å². The van der Waals surface area contributed by atoms with Gasteiger partial charge in [-0.3, -0.25) is 9.55 Å². The molecule has 3 aromatic heterocycles. The summed E-state index contributed by atoms with van der Waals surface area (Å²) in [6.07, 6.45) is 3.69. The first-order valence-electron chi connectivity index (χ1n) is 17.5. The summed E-state index contributed by atoms with van der Waals surface area (Å²) in [5, 5.41) is 2.27. The van der Waals surface area contributed by atoms with Gasteiger partial charge in [0.15, 0.2) is 0 Å². The molecule has 11 rings (SSSR count). The molecular weight excluding hydrogens is 639 g/mol. The average molecular weight is 668 g/mol. The Kier molecular flexibility index (Phi) is 6.10.